The second-order valence-corrected chi connectivity index (χ2v) is 10.9. The molecule has 0 radical (unpaired) electrons. The molecule has 2 aliphatic heterocycles. The second-order valence-electron chi connectivity index (χ2n) is 10.9. The molecule has 3 heterocycles. The van der Waals surface area contributed by atoms with E-state index >= 15 is 0 Å². The zero-order valence-electron chi connectivity index (χ0n) is 24.6. The van der Waals surface area contributed by atoms with Gasteiger partial charge in [0.1, 0.15) is 0 Å². The Balaban J connectivity index is 1.21. The van der Waals surface area contributed by atoms with Crippen molar-refractivity contribution in [2.45, 2.75) is 20.0 Å². The minimum absolute atomic E-state index is 0.0858. The standard InChI is InChI=1S/C32H33F3N8O/c1-21-9-10-23(15-30(21)43-20-29(38-39-43)28-19-36-40(3)22(28)2)31(44)37-25-16-24(32(33,34)35)17-27(18-25)42-13-11-41(12-14-42)26-7-5-4-6-8-26/h4-10,15-20,38-39H,11-14H2,1-3H3,(H,37,44). The van der Waals surface area contributed by atoms with Crippen LogP contribution in [0.2, 0.25) is 0 Å². The van der Waals surface area contributed by atoms with Gasteiger partial charge in [-0.3, -0.25) is 14.5 Å². The van der Waals surface area contributed by atoms with Crippen molar-refractivity contribution in [3.8, 4) is 0 Å². The monoisotopic (exact) mass is 602 g/mol. The van der Waals surface area contributed by atoms with Gasteiger partial charge in [-0.05, 0) is 61.9 Å². The van der Waals surface area contributed by atoms with Gasteiger partial charge in [0.05, 0.1) is 23.1 Å². The molecule has 44 heavy (non-hydrogen) atoms. The molecule has 0 bridgehead atoms. The summed E-state index contributed by atoms with van der Waals surface area (Å²) in [6, 6.07) is 18.8. The normalized spacial score (nSPS) is 15.3. The van der Waals surface area contributed by atoms with Crippen molar-refractivity contribution in [2.24, 2.45) is 7.05 Å². The summed E-state index contributed by atoms with van der Waals surface area (Å²) in [6.07, 6.45) is -0.934. The minimum Gasteiger partial charge on any atom is -0.368 e. The third-order valence-electron chi connectivity index (χ3n) is 8.09. The SMILES string of the molecule is Cc1ccc(C(=O)Nc2cc(N3CCN(c4ccccc4)CC3)cc(C(F)(F)F)c2)cc1N1C=C(c2cnn(C)c2C)NN1. The predicted octanol–water partition coefficient (Wildman–Crippen LogP) is 5.46. The maximum absolute atomic E-state index is 13.9. The summed E-state index contributed by atoms with van der Waals surface area (Å²) in [5.41, 5.74) is 11.6. The number of hydrogen-bond donors (Lipinski definition) is 3. The Morgan fingerprint density at radius 2 is 1.61 bits per heavy atom. The quantitative estimate of drug-likeness (QED) is 0.271. The third-order valence-corrected chi connectivity index (χ3v) is 8.09. The van der Waals surface area contributed by atoms with E-state index in [0.29, 0.717) is 43.1 Å². The molecular formula is C32H33F3N8O. The Hall–Kier alpha value is -4.97. The number of carbonyl (C=O) groups excluding carboxylic acids is 1. The van der Waals surface area contributed by atoms with E-state index in [9.17, 15) is 18.0 Å². The van der Waals surface area contributed by atoms with Crippen molar-refractivity contribution in [2.75, 3.05) is 46.3 Å². The van der Waals surface area contributed by atoms with Gasteiger partial charge < -0.3 is 20.5 Å². The number of alkyl halides is 3. The van der Waals surface area contributed by atoms with Crippen LogP contribution in [0.1, 0.15) is 32.7 Å². The van der Waals surface area contributed by atoms with Crippen LogP contribution in [-0.2, 0) is 13.2 Å². The second kappa shape index (κ2) is 11.6. The number of nitrogens with zero attached hydrogens (tertiary/aromatic N) is 5. The van der Waals surface area contributed by atoms with Crippen molar-refractivity contribution in [3.05, 3.63) is 107 Å². The number of amides is 1. The predicted molar refractivity (Wildman–Crippen MR) is 166 cm³/mol. The highest BCUT2D eigenvalue weighted by molar-refractivity contribution is 6.05. The van der Waals surface area contributed by atoms with Crippen LogP contribution in [0, 0.1) is 13.8 Å². The summed E-state index contributed by atoms with van der Waals surface area (Å²) >= 11 is 0. The summed E-state index contributed by atoms with van der Waals surface area (Å²) in [7, 11) is 1.87. The van der Waals surface area contributed by atoms with E-state index < -0.39 is 17.6 Å². The zero-order valence-corrected chi connectivity index (χ0v) is 24.6. The number of hydrazine groups is 2. The molecule has 1 fully saturated rings. The molecule has 6 rings (SSSR count). The molecule has 2 aliphatic rings. The van der Waals surface area contributed by atoms with Gasteiger partial charge >= 0.3 is 6.18 Å². The number of para-hydroxylation sites is 1. The van der Waals surface area contributed by atoms with E-state index in [-0.39, 0.29) is 5.69 Å². The molecule has 9 nitrogen and oxygen atoms in total. The van der Waals surface area contributed by atoms with Gasteiger partial charge in [0.15, 0.2) is 0 Å². The maximum atomic E-state index is 13.9. The molecule has 3 aromatic carbocycles. The first kappa shape index (κ1) is 29.1. The Labute approximate surface area is 253 Å². The average Bonchev–Trinajstić information content (AvgIpc) is 3.63. The highest BCUT2D eigenvalue weighted by atomic mass is 19.4. The molecule has 0 saturated carbocycles. The van der Waals surface area contributed by atoms with E-state index in [1.165, 1.54) is 0 Å². The average molecular weight is 603 g/mol. The van der Waals surface area contributed by atoms with Crippen LogP contribution in [0.25, 0.3) is 5.70 Å². The fourth-order valence-electron chi connectivity index (χ4n) is 5.45. The number of aryl methyl sites for hydroxylation is 2. The van der Waals surface area contributed by atoms with E-state index in [1.807, 2.05) is 62.3 Å². The first-order chi connectivity index (χ1) is 21.1. The highest BCUT2D eigenvalue weighted by Crippen LogP contribution is 2.35. The lowest BCUT2D eigenvalue weighted by atomic mass is 10.1. The number of benzene rings is 3. The first-order valence-electron chi connectivity index (χ1n) is 14.3. The lowest BCUT2D eigenvalue weighted by Crippen LogP contribution is -2.46. The Morgan fingerprint density at radius 1 is 0.909 bits per heavy atom. The lowest BCUT2D eigenvalue weighted by Gasteiger charge is -2.37. The van der Waals surface area contributed by atoms with E-state index in [2.05, 4.69) is 26.3 Å². The molecule has 0 unspecified atom stereocenters. The van der Waals surface area contributed by atoms with Gasteiger partial charge in [-0.2, -0.15) is 18.3 Å². The van der Waals surface area contributed by atoms with Crippen LogP contribution in [0.5, 0.6) is 0 Å². The number of nitrogens with one attached hydrogen (secondary N) is 3. The topological polar surface area (TPSA) is 80.7 Å². The summed E-state index contributed by atoms with van der Waals surface area (Å²) in [5, 5.41) is 8.75. The van der Waals surface area contributed by atoms with Gasteiger partial charge in [0.25, 0.3) is 5.91 Å². The van der Waals surface area contributed by atoms with Crippen molar-refractivity contribution in [3.63, 3.8) is 0 Å². The molecule has 0 spiro atoms. The largest absolute Gasteiger partial charge is 0.416 e. The lowest BCUT2D eigenvalue weighted by molar-refractivity contribution is -0.137. The third kappa shape index (κ3) is 5.93. The molecule has 0 atom stereocenters. The molecule has 4 aromatic rings. The molecule has 1 saturated heterocycles. The summed E-state index contributed by atoms with van der Waals surface area (Å²) < 4.78 is 43.6. The number of anilines is 4. The van der Waals surface area contributed by atoms with Gasteiger partial charge in [-0.1, -0.05) is 24.3 Å². The van der Waals surface area contributed by atoms with Crippen LogP contribution in [0.15, 0.2) is 79.1 Å². The molecule has 1 aromatic heterocycles. The number of carbonyl (C=O) groups is 1. The number of piperazine rings is 1. The summed E-state index contributed by atoms with van der Waals surface area (Å²) in [4.78, 5) is 17.5. The van der Waals surface area contributed by atoms with Crippen LogP contribution in [0.4, 0.5) is 35.9 Å². The fraction of sp³-hybridized carbons (Fsp3) is 0.250. The van der Waals surface area contributed by atoms with E-state index in [4.69, 9.17) is 0 Å². The summed E-state index contributed by atoms with van der Waals surface area (Å²) in [5.74, 6) is -0.509. The Morgan fingerprint density at radius 3 is 2.27 bits per heavy atom. The summed E-state index contributed by atoms with van der Waals surface area (Å²) in [6.45, 7) is 6.32. The van der Waals surface area contributed by atoms with Gasteiger partial charge in [0, 0.05) is 73.3 Å². The van der Waals surface area contributed by atoms with E-state index in [0.717, 1.165) is 40.3 Å². The molecule has 228 valence electrons. The molecule has 1 amide bonds. The van der Waals surface area contributed by atoms with Crippen LogP contribution >= 0.6 is 0 Å². The van der Waals surface area contributed by atoms with Crippen LogP contribution in [0.3, 0.4) is 0 Å². The van der Waals surface area contributed by atoms with Crippen molar-refractivity contribution >= 4 is 34.4 Å². The highest BCUT2D eigenvalue weighted by Gasteiger charge is 2.32. The first-order valence-corrected chi connectivity index (χ1v) is 14.3. The fourth-order valence-corrected chi connectivity index (χ4v) is 5.45. The number of hydrogen-bond acceptors (Lipinski definition) is 7. The minimum atomic E-state index is -4.57. The van der Waals surface area contributed by atoms with Crippen molar-refractivity contribution in [1.82, 2.24) is 20.7 Å². The zero-order chi connectivity index (χ0) is 31.0. The molecular weight excluding hydrogens is 569 g/mol. The number of rotatable bonds is 6. The maximum Gasteiger partial charge on any atom is 0.416 e. The van der Waals surface area contributed by atoms with Crippen molar-refractivity contribution < 1.29 is 18.0 Å². The molecule has 12 heteroatoms. The van der Waals surface area contributed by atoms with Gasteiger partial charge in [0.2, 0.25) is 0 Å². The van der Waals surface area contributed by atoms with Gasteiger partial charge in [-0.15, -0.1) is 5.53 Å². The Kier molecular flexibility index (Phi) is 7.68. The molecule has 3 N–H and O–H groups in total. The van der Waals surface area contributed by atoms with E-state index in [1.54, 1.807) is 40.2 Å². The number of aromatic nitrogens is 2. The van der Waals surface area contributed by atoms with Crippen molar-refractivity contribution in [1.29, 1.82) is 0 Å². The smallest absolute Gasteiger partial charge is 0.368 e. The van der Waals surface area contributed by atoms with Gasteiger partial charge in [-0.25, -0.2) is 0 Å². The number of halogens is 3. The molecule has 0 aliphatic carbocycles. The Bertz CT molecular complexity index is 1710. The van der Waals surface area contributed by atoms with Crippen LogP contribution in [-0.4, -0.2) is 41.9 Å². The van der Waals surface area contributed by atoms with Crippen LogP contribution < -0.4 is 31.1 Å².